The first-order valence-corrected chi connectivity index (χ1v) is 10.3. The fraction of sp³-hybridized carbons (Fsp3) is 0.300. The van der Waals surface area contributed by atoms with E-state index < -0.39 is 28.0 Å². The van der Waals surface area contributed by atoms with Gasteiger partial charge in [-0.2, -0.15) is 0 Å². The zero-order chi connectivity index (χ0) is 21.8. The number of methoxy groups -OCH3 is 1. The van der Waals surface area contributed by atoms with E-state index in [4.69, 9.17) is 9.47 Å². The van der Waals surface area contributed by atoms with Crippen molar-refractivity contribution in [2.45, 2.75) is 31.8 Å². The van der Waals surface area contributed by atoms with E-state index in [2.05, 4.69) is 10.0 Å². The summed E-state index contributed by atoms with van der Waals surface area (Å²) in [5.74, 6) is -1.25. The molecular formula is C20H24N2O6S. The Morgan fingerprint density at radius 1 is 1.07 bits per heavy atom. The highest BCUT2D eigenvalue weighted by Gasteiger charge is 2.23. The summed E-state index contributed by atoms with van der Waals surface area (Å²) < 4.78 is 36.7. The molecule has 2 N–H and O–H groups in total. The molecule has 2 aromatic rings. The van der Waals surface area contributed by atoms with E-state index in [0.29, 0.717) is 5.69 Å². The van der Waals surface area contributed by atoms with Crippen LogP contribution in [0, 0.1) is 13.8 Å². The smallest absolute Gasteiger partial charge is 0.338 e. The Labute approximate surface area is 170 Å². The highest BCUT2D eigenvalue weighted by Crippen LogP contribution is 2.25. The molecule has 0 aromatic heterocycles. The van der Waals surface area contributed by atoms with Crippen molar-refractivity contribution in [1.29, 1.82) is 0 Å². The quantitative estimate of drug-likeness (QED) is 0.666. The van der Waals surface area contributed by atoms with Crippen molar-refractivity contribution in [1.82, 2.24) is 4.72 Å². The molecule has 0 radical (unpaired) electrons. The van der Waals surface area contributed by atoms with Crippen molar-refractivity contribution < 1.29 is 27.5 Å². The number of aryl methyl sites for hydroxylation is 2. The first-order chi connectivity index (χ1) is 13.6. The molecule has 0 saturated carbocycles. The van der Waals surface area contributed by atoms with E-state index in [1.54, 1.807) is 0 Å². The van der Waals surface area contributed by atoms with E-state index in [0.717, 1.165) is 17.2 Å². The van der Waals surface area contributed by atoms with Gasteiger partial charge in [0.15, 0.2) is 6.10 Å². The van der Waals surface area contributed by atoms with Gasteiger partial charge in [0.05, 0.1) is 12.7 Å². The van der Waals surface area contributed by atoms with E-state index >= 15 is 0 Å². The van der Waals surface area contributed by atoms with Gasteiger partial charge in [0.25, 0.3) is 5.91 Å². The minimum absolute atomic E-state index is 0.0222. The second-order valence-electron chi connectivity index (χ2n) is 6.43. The Balaban J connectivity index is 2.18. The van der Waals surface area contributed by atoms with Gasteiger partial charge in [-0.25, -0.2) is 17.9 Å². The summed E-state index contributed by atoms with van der Waals surface area (Å²) in [5.41, 5.74) is 2.46. The maximum Gasteiger partial charge on any atom is 0.338 e. The Morgan fingerprint density at radius 3 is 2.38 bits per heavy atom. The molecule has 156 valence electrons. The normalized spacial score (nSPS) is 12.2. The van der Waals surface area contributed by atoms with Gasteiger partial charge in [0.2, 0.25) is 10.0 Å². The van der Waals surface area contributed by atoms with Gasteiger partial charge >= 0.3 is 5.97 Å². The van der Waals surface area contributed by atoms with E-state index in [1.165, 1.54) is 33.2 Å². The fourth-order valence-electron chi connectivity index (χ4n) is 2.51. The first-order valence-electron chi connectivity index (χ1n) is 8.79. The standard InChI is InChI=1S/C20H24N2O6S/c1-12-6-7-13(2)16(10-12)22-19(23)14(3)28-20(24)15-8-9-17(27-5)18(11-15)29(25,26)21-4/h6-11,14,21H,1-5H3,(H,22,23)/t14-/m1/s1. The highest BCUT2D eigenvalue weighted by atomic mass is 32.2. The van der Waals surface area contributed by atoms with Gasteiger partial charge in [-0.3, -0.25) is 4.79 Å². The molecule has 29 heavy (non-hydrogen) atoms. The number of hydrogen-bond acceptors (Lipinski definition) is 6. The monoisotopic (exact) mass is 420 g/mol. The molecule has 2 aromatic carbocycles. The minimum Gasteiger partial charge on any atom is -0.495 e. The summed E-state index contributed by atoms with van der Waals surface area (Å²) in [6.45, 7) is 5.19. The Morgan fingerprint density at radius 2 is 1.76 bits per heavy atom. The molecule has 0 aliphatic heterocycles. The number of benzene rings is 2. The zero-order valence-electron chi connectivity index (χ0n) is 16.9. The summed E-state index contributed by atoms with van der Waals surface area (Å²) >= 11 is 0. The molecule has 9 heteroatoms. The lowest BCUT2D eigenvalue weighted by Gasteiger charge is -2.16. The molecule has 0 aliphatic rings. The highest BCUT2D eigenvalue weighted by molar-refractivity contribution is 7.89. The second kappa shape index (κ2) is 9.06. The third-order valence-electron chi connectivity index (χ3n) is 4.26. The van der Waals surface area contributed by atoms with Crippen molar-refractivity contribution in [2.75, 3.05) is 19.5 Å². The Hall–Kier alpha value is -2.91. The molecule has 2 rings (SSSR count). The molecule has 0 aliphatic carbocycles. The predicted octanol–water partition coefficient (Wildman–Crippen LogP) is 2.40. The van der Waals surface area contributed by atoms with Crippen LogP contribution in [0.15, 0.2) is 41.3 Å². The number of anilines is 1. The van der Waals surface area contributed by atoms with Crippen LogP contribution in [0.1, 0.15) is 28.4 Å². The minimum atomic E-state index is -3.85. The van der Waals surface area contributed by atoms with Crippen molar-refractivity contribution in [3.63, 3.8) is 0 Å². The maximum absolute atomic E-state index is 12.4. The van der Waals surface area contributed by atoms with E-state index in [1.807, 2.05) is 32.0 Å². The van der Waals surface area contributed by atoms with Crippen LogP contribution in [0.5, 0.6) is 5.75 Å². The van der Waals surface area contributed by atoms with Gasteiger partial charge in [-0.15, -0.1) is 0 Å². The molecule has 0 unspecified atom stereocenters. The molecule has 8 nitrogen and oxygen atoms in total. The Kier molecular flexibility index (Phi) is 6.99. The van der Waals surface area contributed by atoms with Gasteiger partial charge in [-0.1, -0.05) is 12.1 Å². The first kappa shape index (κ1) is 22.4. The van der Waals surface area contributed by atoms with Gasteiger partial charge in [0, 0.05) is 5.69 Å². The van der Waals surface area contributed by atoms with Gasteiger partial charge in [-0.05, 0) is 63.2 Å². The topological polar surface area (TPSA) is 111 Å². The molecule has 0 fully saturated rings. The van der Waals surface area contributed by atoms with Crippen LogP contribution in [-0.2, 0) is 19.6 Å². The average molecular weight is 420 g/mol. The molecule has 1 amide bonds. The third kappa shape index (κ3) is 5.33. The number of sulfonamides is 1. The molecule has 0 spiro atoms. The maximum atomic E-state index is 12.4. The lowest BCUT2D eigenvalue weighted by molar-refractivity contribution is -0.123. The number of nitrogens with one attached hydrogen (secondary N) is 2. The summed E-state index contributed by atoms with van der Waals surface area (Å²) in [7, 11) is -1.28. The van der Waals surface area contributed by atoms with E-state index in [-0.39, 0.29) is 16.2 Å². The number of ether oxygens (including phenoxy) is 2. The van der Waals surface area contributed by atoms with Crippen molar-refractivity contribution in [3.05, 3.63) is 53.1 Å². The third-order valence-corrected chi connectivity index (χ3v) is 5.70. The molecule has 0 heterocycles. The average Bonchev–Trinajstić information content (AvgIpc) is 2.69. The summed E-state index contributed by atoms with van der Waals surface area (Å²) in [6, 6.07) is 9.48. The molecular weight excluding hydrogens is 396 g/mol. The van der Waals surface area contributed by atoms with Crippen LogP contribution >= 0.6 is 0 Å². The van der Waals surface area contributed by atoms with Crippen LogP contribution in [0.3, 0.4) is 0 Å². The molecule has 0 bridgehead atoms. The predicted molar refractivity (Wildman–Crippen MR) is 109 cm³/mol. The van der Waals surface area contributed by atoms with Crippen LogP contribution in [0.25, 0.3) is 0 Å². The van der Waals surface area contributed by atoms with Crippen molar-refractivity contribution >= 4 is 27.6 Å². The van der Waals surface area contributed by atoms with Crippen molar-refractivity contribution in [2.24, 2.45) is 0 Å². The van der Waals surface area contributed by atoms with Crippen LogP contribution in [-0.4, -0.2) is 40.6 Å². The molecule has 1 atom stereocenters. The van der Waals surface area contributed by atoms with Crippen LogP contribution < -0.4 is 14.8 Å². The van der Waals surface area contributed by atoms with E-state index in [9.17, 15) is 18.0 Å². The lowest BCUT2D eigenvalue weighted by Crippen LogP contribution is -2.30. The summed E-state index contributed by atoms with van der Waals surface area (Å²) in [6.07, 6.45) is -1.09. The zero-order valence-corrected chi connectivity index (χ0v) is 17.7. The molecule has 0 saturated heterocycles. The largest absolute Gasteiger partial charge is 0.495 e. The number of carbonyl (C=O) groups excluding carboxylic acids is 2. The second-order valence-corrected chi connectivity index (χ2v) is 8.28. The summed E-state index contributed by atoms with van der Waals surface area (Å²) in [5, 5.41) is 2.73. The van der Waals surface area contributed by atoms with Gasteiger partial charge < -0.3 is 14.8 Å². The number of esters is 1. The lowest BCUT2D eigenvalue weighted by atomic mass is 10.1. The summed E-state index contributed by atoms with van der Waals surface area (Å²) in [4.78, 5) is 24.6. The fourth-order valence-corrected chi connectivity index (χ4v) is 3.43. The van der Waals surface area contributed by atoms with Crippen LogP contribution in [0.2, 0.25) is 0 Å². The van der Waals surface area contributed by atoms with Crippen molar-refractivity contribution in [3.8, 4) is 5.75 Å². The van der Waals surface area contributed by atoms with Gasteiger partial charge in [0.1, 0.15) is 10.6 Å². The Bertz CT molecular complexity index is 1030. The van der Waals surface area contributed by atoms with Crippen LogP contribution in [0.4, 0.5) is 5.69 Å². The number of amides is 1. The SMILES string of the molecule is CNS(=O)(=O)c1cc(C(=O)O[C@H](C)C(=O)Nc2cc(C)ccc2C)ccc1OC. The number of carbonyl (C=O) groups is 2. The number of hydrogen-bond donors (Lipinski definition) is 2. The number of rotatable bonds is 7.